The first-order chi connectivity index (χ1) is 14.2. The molecule has 0 heterocycles. The highest BCUT2D eigenvalue weighted by Gasteiger charge is 2.15. The van der Waals surface area contributed by atoms with Crippen LogP contribution in [-0.2, 0) is 16.6 Å². The second kappa shape index (κ2) is 8.81. The summed E-state index contributed by atoms with van der Waals surface area (Å²) in [6.45, 7) is 7.94. The van der Waals surface area contributed by atoms with E-state index in [1.54, 1.807) is 42.5 Å². The molecular formula is C24H26N2O3S. The van der Waals surface area contributed by atoms with Crippen LogP contribution in [-0.4, -0.2) is 14.3 Å². The third-order valence-electron chi connectivity index (χ3n) is 5.32. The smallest absolute Gasteiger partial charge is 0.255 e. The minimum Gasteiger partial charge on any atom is -0.322 e. The summed E-state index contributed by atoms with van der Waals surface area (Å²) in [4.78, 5) is 12.8. The summed E-state index contributed by atoms with van der Waals surface area (Å²) in [5.41, 5.74) is 6.18. The minimum absolute atomic E-state index is 0.147. The van der Waals surface area contributed by atoms with Crippen LogP contribution in [0.1, 0.15) is 38.2 Å². The molecule has 0 saturated heterocycles. The fourth-order valence-electron chi connectivity index (χ4n) is 3.00. The first-order valence-electron chi connectivity index (χ1n) is 9.71. The summed E-state index contributed by atoms with van der Waals surface area (Å²) < 4.78 is 27.7. The van der Waals surface area contributed by atoms with Crippen molar-refractivity contribution in [3.05, 3.63) is 94.0 Å². The Hall–Kier alpha value is -2.96. The molecule has 0 atom stereocenters. The minimum atomic E-state index is -3.60. The van der Waals surface area contributed by atoms with Gasteiger partial charge in [-0.25, -0.2) is 13.1 Å². The van der Waals surface area contributed by atoms with Crippen LogP contribution in [0.3, 0.4) is 0 Å². The molecule has 3 rings (SSSR count). The molecule has 0 aliphatic carbocycles. The largest absolute Gasteiger partial charge is 0.322 e. The average molecular weight is 423 g/mol. The van der Waals surface area contributed by atoms with Crippen molar-refractivity contribution in [2.75, 3.05) is 5.32 Å². The molecule has 0 spiro atoms. The SMILES string of the molecule is Cc1ccc(S(=O)(=O)NCc2ccc(C(=O)Nc3cccc(C)c3C)cc2)cc1C. The molecule has 156 valence electrons. The highest BCUT2D eigenvalue weighted by Crippen LogP contribution is 2.19. The van der Waals surface area contributed by atoms with Crippen molar-refractivity contribution in [1.29, 1.82) is 0 Å². The Morgan fingerprint density at radius 3 is 2.20 bits per heavy atom. The molecule has 0 saturated carbocycles. The van der Waals surface area contributed by atoms with Crippen molar-refractivity contribution in [2.45, 2.75) is 39.1 Å². The molecule has 0 aliphatic heterocycles. The predicted octanol–water partition coefficient (Wildman–Crippen LogP) is 4.65. The Bertz CT molecular complexity index is 1180. The van der Waals surface area contributed by atoms with Gasteiger partial charge in [-0.15, -0.1) is 0 Å². The standard InChI is InChI=1S/C24H26N2O3S/c1-16-8-13-22(14-18(16)3)30(28,29)25-15-20-9-11-21(12-10-20)24(27)26-23-7-5-6-17(2)19(23)4/h5-14,25H,15H2,1-4H3,(H,26,27). The van der Waals surface area contributed by atoms with Crippen molar-refractivity contribution < 1.29 is 13.2 Å². The number of rotatable bonds is 6. The molecule has 0 aromatic heterocycles. The Labute approximate surface area is 178 Å². The van der Waals surface area contributed by atoms with Crippen LogP contribution in [0.2, 0.25) is 0 Å². The highest BCUT2D eigenvalue weighted by molar-refractivity contribution is 7.89. The van der Waals surface area contributed by atoms with Gasteiger partial charge in [-0.2, -0.15) is 0 Å². The first-order valence-corrected chi connectivity index (χ1v) is 11.2. The third kappa shape index (κ3) is 4.96. The van der Waals surface area contributed by atoms with Crippen LogP contribution in [0.15, 0.2) is 65.6 Å². The molecule has 30 heavy (non-hydrogen) atoms. The summed E-state index contributed by atoms with van der Waals surface area (Å²) in [6.07, 6.45) is 0. The number of carbonyl (C=O) groups excluding carboxylic acids is 1. The average Bonchev–Trinajstić information content (AvgIpc) is 2.72. The monoisotopic (exact) mass is 422 g/mol. The zero-order valence-electron chi connectivity index (χ0n) is 17.6. The van der Waals surface area contributed by atoms with Crippen LogP contribution in [0.25, 0.3) is 0 Å². The number of hydrogen-bond donors (Lipinski definition) is 2. The predicted molar refractivity (Wildman–Crippen MR) is 120 cm³/mol. The lowest BCUT2D eigenvalue weighted by Crippen LogP contribution is -2.23. The van der Waals surface area contributed by atoms with Gasteiger partial charge in [-0.1, -0.05) is 30.3 Å². The van der Waals surface area contributed by atoms with E-state index in [0.29, 0.717) is 5.56 Å². The van der Waals surface area contributed by atoms with Crippen molar-refractivity contribution >= 4 is 21.6 Å². The van der Waals surface area contributed by atoms with Gasteiger partial charge in [0, 0.05) is 17.8 Å². The normalized spacial score (nSPS) is 11.3. The molecule has 0 aliphatic rings. The molecule has 3 aromatic rings. The van der Waals surface area contributed by atoms with E-state index in [0.717, 1.165) is 33.5 Å². The molecule has 2 N–H and O–H groups in total. The van der Waals surface area contributed by atoms with Crippen LogP contribution >= 0.6 is 0 Å². The maximum absolute atomic E-state index is 12.5. The van der Waals surface area contributed by atoms with Gasteiger partial charge in [0.1, 0.15) is 0 Å². The third-order valence-corrected chi connectivity index (χ3v) is 6.72. The summed E-state index contributed by atoms with van der Waals surface area (Å²) >= 11 is 0. The second-order valence-electron chi connectivity index (χ2n) is 7.47. The molecule has 3 aromatic carbocycles. The van der Waals surface area contributed by atoms with Crippen LogP contribution < -0.4 is 10.0 Å². The lowest BCUT2D eigenvalue weighted by atomic mass is 10.1. The van der Waals surface area contributed by atoms with E-state index in [-0.39, 0.29) is 17.3 Å². The molecule has 0 unspecified atom stereocenters. The lowest BCUT2D eigenvalue weighted by Gasteiger charge is -2.11. The maximum atomic E-state index is 12.5. The van der Waals surface area contributed by atoms with Gasteiger partial charge in [-0.05, 0) is 85.8 Å². The van der Waals surface area contributed by atoms with E-state index in [4.69, 9.17) is 0 Å². The molecule has 0 fully saturated rings. The molecule has 0 radical (unpaired) electrons. The van der Waals surface area contributed by atoms with E-state index in [2.05, 4.69) is 10.0 Å². The summed E-state index contributed by atoms with van der Waals surface area (Å²) in [5, 5.41) is 2.92. The number of nitrogens with one attached hydrogen (secondary N) is 2. The quantitative estimate of drug-likeness (QED) is 0.607. The van der Waals surface area contributed by atoms with Crippen molar-refractivity contribution in [3.63, 3.8) is 0 Å². The van der Waals surface area contributed by atoms with Gasteiger partial charge in [0.05, 0.1) is 4.90 Å². The van der Waals surface area contributed by atoms with E-state index in [9.17, 15) is 13.2 Å². The maximum Gasteiger partial charge on any atom is 0.255 e. The van der Waals surface area contributed by atoms with Crippen molar-refractivity contribution in [1.82, 2.24) is 4.72 Å². The van der Waals surface area contributed by atoms with Gasteiger partial charge in [0.25, 0.3) is 5.91 Å². The molecular weight excluding hydrogens is 396 g/mol. The number of carbonyl (C=O) groups is 1. The Kier molecular flexibility index (Phi) is 6.39. The van der Waals surface area contributed by atoms with E-state index in [1.165, 1.54) is 0 Å². The number of sulfonamides is 1. The fourth-order valence-corrected chi connectivity index (χ4v) is 4.10. The van der Waals surface area contributed by atoms with Gasteiger partial charge >= 0.3 is 0 Å². The van der Waals surface area contributed by atoms with Gasteiger partial charge in [0.15, 0.2) is 0 Å². The highest BCUT2D eigenvalue weighted by atomic mass is 32.2. The Morgan fingerprint density at radius 1 is 0.833 bits per heavy atom. The fraction of sp³-hybridized carbons (Fsp3) is 0.208. The van der Waals surface area contributed by atoms with Crippen LogP contribution in [0, 0.1) is 27.7 Å². The van der Waals surface area contributed by atoms with E-state index >= 15 is 0 Å². The summed E-state index contributed by atoms with van der Waals surface area (Å²) in [6, 6.07) is 17.7. The lowest BCUT2D eigenvalue weighted by molar-refractivity contribution is 0.102. The van der Waals surface area contributed by atoms with Crippen LogP contribution in [0.4, 0.5) is 5.69 Å². The number of hydrogen-bond acceptors (Lipinski definition) is 3. The van der Waals surface area contributed by atoms with E-state index < -0.39 is 10.0 Å². The van der Waals surface area contributed by atoms with Crippen molar-refractivity contribution in [2.24, 2.45) is 0 Å². The number of anilines is 1. The molecule has 6 heteroatoms. The number of aryl methyl sites for hydroxylation is 3. The summed E-state index contributed by atoms with van der Waals surface area (Å²) in [5.74, 6) is -0.203. The van der Waals surface area contributed by atoms with E-state index in [1.807, 2.05) is 45.9 Å². The van der Waals surface area contributed by atoms with Gasteiger partial charge in [-0.3, -0.25) is 4.79 Å². The molecule has 1 amide bonds. The summed E-state index contributed by atoms with van der Waals surface area (Å²) in [7, 11) is -3.60. The second-order valence-corrected chi connectivity index (χ2v) is 9.24. The van der Waals surface area contributed by atoms with Crippen LogP contribution in [0.5, 0.6) is 0 Å². The topological polar surface area (TPSA) is 75.3 Å². The van der Waals surface area contributed by atoms with Crippen molar-refractivity contribution in [3.8, 4) is 0 Å². The Balaban J connectivity index is 1.66. The first kappa shape index (κ1) is 21.7. The van der Waals surface area contributed by atoms with Gasteiger partial charge in [0.2, 0.25) is 10.0 Å². The Morgan fingerprint density at radius 2 is 1.53 bits per heavy atom. The zero-order chi connectivity index (χ0) is 21.9. The molecule has 5 nitrogen and oxygen atoms in total. The molecule has 0 bridgehead atoms. The number of amides is 1. The number of benzene rings is 3. The van der Waals surface area contributed by atoms with Gasteiger partial charge < -0.3 is 5.32 Å². The zero-order valence-corrected chi connectivity index (χ0v) is 18.4.